The Labute approximate surface area is 195 Å². The van der Waals surface area contributed by atoms with Crippen LogP contribution in [0.3, 0.4) is 0 Å². The highest BCUT2D eigenvalue weighted by Crippen LogP contribution is 2.18. The Morgan fingerprint density at radius 3 is 1.56 bits per heavy atom. The lowest BCUT2D eigenvalue weighted by Gasteiger charge is -2.12. The van der Waals surface area contributed by atoms with E-state index in [0.717, 1.165) is 19.3 Å². The second-order valence-corrected chi connectivity index (χ2v) is 9.27. The number of carbonyl (C=O) groups excluding carboxylic acids is 2. The van der Waals surface area contributed by atoms with Crippen molar-refractivity contribution in [3.05, 3.63) is 0 Å². The second kappa shape index (κ2) is 19.5. The van der Waals surface area contributed by atoms with Crippen LogP contribution in [0.25, 0.3) is 0 Å². The maximum absolute atomic E-state index is 12.0. The number of esters is 1. The number of aliphatic hydroxyl groups is 2. The zero-order valence-corrected chi connectivity index (χ0v) is 20.4. The van der Waals surface area contributed by atoms with E-state index in [2.05, 4.69) is 6.92 Å². The zero-order chi connectivity index (χ0) is 23.4. The lowest BCUT2D eigenvalue weighted by molar-refractivity contribution is -0.153. The van der Waals surface area contributed by atoms with Crippen LogP contribution in [-0.2, 0) is 19.1 Å². The van der Waals surface area contributed by atoms with Gasteiger partial charge in [0.2, 0.25) is 11.9 Å². The molecule has 2 N–H and O–H groups in total. The van der Waals surface area contributed by atoms with Crippen LogP contribution in [0.1, 0.15) is 122 Å². The predicted molar refractivity (Wildman–Crippen MR) is 126 cm³/mol. The van der Waals surface area contributed by atoms with Crippen LogP contribution >= 0.6 is 0 Å². The van der Waals surface area contributed by atoms with Gasteiger partial charge >= 0.3 is 5.97 Å². The summed E-state index contributed by atoms with van der Waals surface area (Å²) in [5.74, 6) is -1.37. The van der Waals surface area contributed by atoms with Gasteiger partial charge in [-0.1, -0.05) is 116 Å². The molecule has 0 spiro atoms. The monoisotopic (exact) mass is 456 g/mol. The van der Waals surface area contributed by atoms with Gasteiger partial charge in [0.05, 0.1) is 6.61 Å². The molecule has 1 rings (SSSR count). The second-order valence-electron chi connectivity index (χ2n) is 9.27. The van der Waals surface area contributed by atoms with Crippen LogP contribution in [-0.4, -0.2) is 53.5 Å². The number of ketones is 1. The smallest absolute Gasteiger partial charge is 0.344 e. The molecule has 1 saturated heterocycles. The van der Waals surface area contributed by atoms with E-state index in [1.165, 1.54) is 96.3 Å². The van der Waals surface area contributed by atoms with Gasteiger partial charge in [-0.3, -0.25) is 4.79 Å². The van der Waals surface area contributed by atoms with Crippen molar-refractivity contribution in [2.45, 2.75) is 141 Å². The third-order valence-electron chi connectivity index (χ3n) is 6.31. The van der Waals surface area contributed by atoms with Gasteiger partial charge in [-0.2, -0.15) is 0 Å². The maximum atomic E-state index is 12.0. The summed E-state index contributed by atoms with van der Waals surface area (Å²) in [4.78, 5) is 23.7. The van der Waals surface area contributed by atoms with Crippen LogP contribution in [0.4, 0.5) is 0 Å². The Morgan fingerprint density at radius 1 is 0.750 bits per heavy atom. The quantitative estimate of drug-likeness (QED) is 0.131. The van der Waals surface area contributed by atoms with Gasteiger partial charge in [-0.25, -0.2) is 4.79 Å². The minimum atomic E-state index is -1.38. The highest BCUT2D eigenvalue weighted by atomic mass is 16.6. The molecule has 6 nitrogen and oxygen atoms in total. The normalized spacial score (nSPS) is 19.5. The van der Waals surface area contributed by atoms with Gasteiger partial charge in [-0.15, -0.1) is 0 Å². The van der Waals surface area contributed by atoms with E-state index >= 15 is 0 Å². The van der Waals surface area contributed by atoms with E-state index in [1.54, 1.807) is 0 Å². The number of rotatable bonds is 22. The highest BCUT2D eigenvalue weighted by molar-refractivity contribution is 6.09. The Bertz CT molecular complexity index is 481. The summed E-state index contributed by atoms with van der Waals surface area (Å²) in [6.45, 7) is 1.97. The van der Waals surface area contributed by atoms with Gasteiger partial charge < -0.3 is 19.7 Å². The molecule has 0 amide bonds. The van der Waals surface area contributed by atoms with Gasteiger partial charge in [0.25, 0.3) is 0 Å². The SMILES string of the molecule is CCCCCCCCCCCCCCCCCCCCOC1C(=O)O[C@H]([C@@H](O)CO)C1=O. The van der Waals surface area contributed by atoms with Crippen LogP contribution < -0.4 is 0 Å². The molecular formula is C26H48O6. The number of unbranched alkanes of at least 4 members (excludes halogenated alkanes) is 17. The Balaban J connectivity index is 1.82. The molecule has 1 aliphatic heterocycles. The topological polar surface area (TPSA) is 93.1 Å². The van der Waals surface area contributed by atoms with E-state index in [-0.39, 0.29) is 0 Å². The third-order valence-corrected chi connectivity index (χ3v) is 6.31. The number of hydrogen-bond donors (Lipinski definition) is 2. The number of cyclic esters (lactones) is 1. The number of hydrogen-bond acceptors (Lipinski definition) is 6. The summed E-state index contributed by atoms with van der Waals surface area (Å²) in [5.41, 5.74) is 0. The summed E-state index contributed by atoms with van der Waals surface area (Å²) < 4.78 is 10.2. The van der Waals surface area contributed by atoms with Gasteiger partial charge in [0, 0.05) is 6.61 Å². The molecule has 6 heteroatoms. The fraction of sp³-hybridized carbons (Fsp3) is 0.923. The van der Waals surface area contributed by atoms with E-state index in [0.29, 0.717) is 6.61 Å². The Hall–Kier alpha value is -0.980. The fourth-order valence-electron chi connectivity index (χ4n) is 4.23. The molecule has 188 valence electrons. The molecule has 0 aromatic carbocycles. The van der Waals surface area contributed by atoms with Crippen molar-refractivity contribution < 1.29 is 29.3 Å². The summed E-state index contributed by atoms with van der Waals surface area (Å²) in [6, 6.07) is 0. The minimum Gasteiger partial charge on any atom is -0.449 e. The average Bonchev–Trinajstić information content (AvgIpc) is 3.08. The largest absolute Gasteiger partial charge is 0.449 e. The summed E-state index contributed by atoms with van der Waals surface area (Å²) in [6.07, 6.45) is 19.5. The number of aliphatic hydroxyl groups excluding tert-OH is 2. The van der Waals surface area contributed by atoms with E-state index in [4.69, 9.17) is 14.6 Å². The molecule has 0 bridgehead atoms. The Kier molecular flexibility index (Phi) is 17.7. The first-order chi connectivity index (χ1) is 15.6. The van der Waals surface area contributed by atoms with E-state index < -0.39 is 36.7 Å². The lowest BCUT2D eigenvalue weighted by atomic mass is 10.0. The van der Waals surface area contributed by atoms with Crippen molar-refractivity contribution in [1.29, 1.82) is 0 Å². The molecular weight excluding hydrogens is 408 g/mol. The van der Waals surface area contributed by atoms with Crippen LogP contribution in [0, 0.1) is 0 Å². The van der Waals surface area contributed by atoms with Crippen molar-refractivity contribution in [3.8, 4) is 0 Å². The molecule has 0 aromatic rings. The average molecular weight is 457 g/mol. The maximum Gasteiger partial charge on any atom is 0.344 e. The lowest BCUT2D eigenvalue weighted by Crippen LogP contribution is -2.37. The third kappa shape index (κ3) is 12.9. The molecule has 0 aromatic heterocycles. The summed E-state index contributed by atoms with van der Waals surface area (Å²) in [7, 11) is 0. The molecule has 1 heterocycles. The first-order valence-electron chi connectivity index (χ1n) is 13.3. The summed E-state index contributed by atoms with van der Waals surface area (Å²) in [5, 5.41) is 18.4. The zero-order valence-electron chi connectivity index (χ0n) is 20.4. The molecule has 3 atom stereocenters. The van der Waals surface area contributed by atoms with E-state index in [9.17, 15) is 14.7 Å². The first-order valence-corrected chi connectivity index (χ1v) is 13.3. The highest BCUT2D eigenvalue weighted by Gasteiger charge is 2.47. The van der Waals surface area contributed by atoms with Gasteiger partial charge in [-0.05, 0) is 6.42 Å². The molecule has 1 aliphatic rings. The number of Topliss-reactive ketones (excluding diaryl/α,β-unsaturated/α-hetero) is 1. The molecule has 32 heavy (non-hydrogen) atoms. The molecule has 0 aliphatic carbocycles. The van der Waals surface area contributed by atoms with Gasteiger partial charge in [0.15, 0.2) is 6.10 Å². The first kappa shape index (κ1) is 29.1. The van der Waals surface area contributed by atoms with Crippen molar-refractivity contribution in [2.75, 3.05) is 13.2 Å². The number of carbonyl (C=O) groups is 2. The molecule has 1 fully saturated rings. The van der Waals surface area contributed by atoms with Crippen LogP contribution in [0.15, 0.2) is 0 Å². The molecule has 0 saturated carbocycles. The minimum absolute atomic E-state index is 0.326. The number of ether oxygens (including phenoxy) is 2. The van der Waals surface area contributed by atoms with Crippen molar-refractivity contribution >= 4 is 11.8 Å². The van der Waals surface area contributed by atoms with Gasteiger partial charge in [0.1, 0.15) is 6.10 Å². The van der Waals surface area contributed by atoms with Crippen LogP contribution in [0.2, 0.25) is 0 Å². The fourth-order valence-corrected chi connectivity index (χ4v) is 4.23. The molecule has 0 radical (unpaired) electrons. The van der Waals surface area contributed by atoms with Crippen molar-refractivity contribution in [1.82, 2.24) is 0 Å². The van der Waals surface area contributed by atoms with Crippen molar-refractivity contribution in [2.24, 2.45) is 0 Å². The predicted octanol–water partition coefficient (Wildman–Crippen LogP) is 5.26. The summed E-state index contributed by atoms with van der Waals surface area (Å²) >= 11 is 0. The van der Waals surface area contributed by atoms with E-state index in [1.807, 2.05) is 0 Å². The van der Waals surface area contributed by atoms with Crippen LogP contribution in [0.5, 0.6) is 0 Å². The van der Waals surface area contributed by atoms with Crippen molar-refractivity contribution in [3.63, 3.8) is 0 Å². The standard InChI is InChI=1S/C26H48O6/c1-2-3-4-5-6-7-8-9-10-11-12-13-14-15-16-17-18-19-20-31-25-23(29)24(22(28)21-27)32-26(25)30/h22,24-25,27-28H,2-21H2,1H3/t22-,24+,25?/m0/s1. The Morgan fingerprint density at radius 2 is 1.16 bits per heavy atom. The molecule has 1 unspecified atom stereocenters.